The molecular formula is C17H16N4OS2. The van der Waals surface area contributed by atoms with Gasteiger partial charge in [-0.1, -0.05) is 17.8 Å². The molecule has 5 nitrogen and oxygen atoms in total. The number of nitrogens with one attached hydrogen (secondary N) is 1. The number of amides is 1. The van der Waals surface area contributed by atoms with E-state index in [9.17, 15) is 4.79 Å². The summed E-state index contributed by atoms with van der Waals surface area (Å²) in [6.45, 7) is 0. The average Bonchev–Trinajstić information content (AvgIpc) is 3.17. The molecule has 2 heterocycles. The van der Waals surface area contributed by atoms with Crippen molar-refractivity contribution in [2.24, 2.45) is 0 Å². The van der Waals surface area contributed by atoms with Crippen molar-refractivity contribution >= 4 is 34.1 Å². The van der Waals surface area contributed by atoms with Crippen molar-refractivity contribution < 1.29 is 4.79 Å². The van der Waals surface area contributed by atoms with Gasteiger partial charge in [-0.2, -0.15) is 0 Å². The van der Waals surface area contributed by atoms with Crippen LogP contribution in [-0.2, 0) is 0 Å². The van der Waals surface area contributed by atoms with Gasteiger partial charge in [0.15, 0.2) is 10.3 Å². The molecule has 1 aliphatic carbocycles. The first kappa shape index (κ1) is 15.4. The number of aromatic nitrogens is 3. The number of carbonyl (C=O) groups is 1. The van der Waals surface area contributed by atoms with Crippen LogP contribution < -0.4 is 5.32 Å². The molecule has 0 saturated heterocycles. The van der Waals surface area contributed by atoms with Gasteiger partial charge in [0.25, 0.3) is 5.91 Å². The van der Waals surface area contributed by atoms with Crippen molar-refractivity contribution in [3.63, 3.8) is 0 Å². The van der Waals surface area contributed by atoms with Crippen LogP contribution in [0.5, 0.6) is 0 Å². The predicted octanol–water partition coefficient (Wildman–Crippen LogP) is 4.18. The second kappa shape index (κ2) is 6.41. The van der Waals surface area contributed by atoms with Gasteiger partial charge in [0.2, 0.25) is 0 Å². The Morgan fingerprint density at radius 2 is 2.29 bits per heavy atom. The lowest BCUT2D eigenvalue weighted by molar-refractivity contribution is 0.102. The van der Waals surface area contributed by atoms with Gasteiger partial charge in [-0.25, -0.2) is 9.97 Å². The number of thioether (sulfide) groups is 1. The fourth-order valence-corrected chi connectivity index (χ4v) is 3.83. The van der Waals surface area contributed by atoms with Crippen molar-refractivity contribution in [3.8, 4) is 5.69 Å². The van der Waals surface area contributed by atoms with Crippen molar-refractivity contribution in [3.05, 3.63) is 53.3 Å². The molecule has 0 unspecified atom stereocenters. The molecule has 1 fully saturated rings. The molecule has 2 aromatic heterocycles. The van der Waals surface area contributed by atoms with E-state index in [4.69, 9.17) is 0 Å². The molecule has 122 valence electrons. The second-order valence-corrected chi connectivity index (χ2v) is 7.27. The van der Waals surface area contributed by atoms with E-state index in [1.807, 2.05) is 46.7 Å². The van der Waals surface area contributed by atoms with E-state index in [1.165, 1.54) is 24.2 Å². The van der Waals surface area contributed by atoms with Gasteiger partial charge in [0.05, 0.1) is 5.69 Å². The van der Waals surface area contributed by atoms with Gasteiger partial charge in [-0.15, -0.1) is 11.3 Å². The standard InChI is InChI=1S/C17H16N4OS2/c1-23-17-18-7-8-21(17)13-4-2-3-12(9-13)15(22)20-16-19-14(10-24-16)11-5-6-11/h2-4,7-11H,5-6H2,1H3,(H,19,20,22). The molecule has 0 atom stereocenters. The summed E-state index contributed by atoms with van der Waals surface area (Å²) >= 11 is 3.06. The highest BCUT2D eigenvalue weighted by Crippen LogP contribution is 2.40. The lowest BCUT2D eigenvalue weighted by atomic mass is 10.2. The minimum atomic E-state index is -0.139. The molecule has 0 spiro atoms. The first-order chi connectivity index (χ1) is 11.7. The molecule has 0 bridgehead atoms. The summed E-state index contributed by atoms with van der Waals surface area (Å²) in [6.07, 6.45) is 8.05. The van der Waals surface area contributed by atoms with E-state index >= 15 is 0 Å². The Morgan fingerprint density at radius 1 is 1.42 bits per heavy atom. The van der Waals surface area contributed by atoms with E-state index in [0.29, 0.717) is 16.6 Å². The number of anilines is 1. The van der Waals surface area contributed by atoms with Crippen LogP contribution in [0.2, 0.25) is 0 Å². The molecule has 1 amide bonds. The Kier molecular flexibility index (Phi) is 4.12. The van der Waals surface area contributed by atoms with Crippen LogP contribution in [0, 0.1) is 0 Å². The Hall–Kier alpha value is -2.12. The highest BCUT2D eigenvalue weighted by Gasteiger charge is 2.26. The predicted molar refractivity (Wildman–Crippen MR) is 97.4 cm³/mol. The van der Waals surface area contributed by atoms with Crippen LogP contribution in [-0.4, -0.2) is 26.7 Å². The summed E-state index contributed by atoms with van der Waals surface area (Å²) < 4.78 is 1.97. The number of hydrogen-bond donors (Lipinski definition) is 1. The molecule has 3 aromatic rings. The molecule has 4 rings (SSSR count). The van der Waals surface area contributed by atoms with Gasteiger partial charge < -0.3 is 0 Å². The molecular weight excluding hydrogens is 340 g/mol. The summed E-state index contributed by atoms with van der Waals surface area (Å²) in [5, 5.41) is 6.50. The first-order valence-electron chi connectivity index (χ1n) is 7.69. The number of hydrogen-bond acceptors (Lipinski definition) is 5. The van der Waals surface area contributed by atoms with Crippen LogP contribution in [0.4, 0.5) is 5.13 Å². The molecule has 0 radical (unpaired) electrons. The third kappa shape index (κ3) is 3.09. The van der Waals surface area contributed by atoms with Crippen molar-refractivity contribution in [1.82, 2.24) is 14.5 Å². The number of nitrogens with zero attached hydrogens (tertiary/aromatic N) is 3. The van der Waals surface area contributed by atoms with Gasteiger partial charge in [0, 0.05) is 34.9 Å². The van der Waals surface area contributed by atoms with Gasteiger partial charge in [0.1, 0.15) is 0 Å². The molecule has 1 aliphatic rings. The SMILES string of the molecule is CSc1nccn1-c1cccc(C(=O)Nc2nc(C3CC3)cs2)c1. The minimum absolute atomic E-state index is 0.139. The number of carbonyl (C=O) groups excluding carboxylic acids is 1. The lowest BCUT2D eigenvalue weighted by Crippen LogP contribution is -2.12. The lowest BCUT2D eigenvalue weighted by Gasteiger charge is -2.08. The first-order valence-corrected chi connectivity index (χ1v) is 9.79. The van der Waals surface area contributed by atoms with Crippen LogP contribution in [0.1, 0.15) is 34.8 Å². The molecule has 24 heavy (non-hydrogen) atoms. The number of imidazole rings is 1. The van der Waals surface area contributed by atoms with Crippen molar-refractivity contribution in [2.75, 3.05) is 11.6 Å². The number of benzene rings is 1. The fraction of sp³-hybridized carbons (Fsp3) is 0.235. The summed E-state index contributed by atoms with van der Waals surface area (Å²) in [5.74, 6) is 0.459. The van der Waals surface area contributed by atoms with E-state index in [-0.39, 0.29) is 5.91 Å². The minimum Gasteiger partial charge on any atom is -0.298 e. The number of rotatable bonds is 5. The zero-order chi connectivity index (χ0) is 16.5. The van der Waals surface area contributed by atoms with E-state index in [0.717, 1.165) is 16.5 Å². The third-order valence-corrected chi connectivity index (χ3v) is 5.36. The van der Waals surface area contributed by atoms with Gasteiger partial charge >= 0.3 is 0 Å². The average molecular weight is 356 g/mol. The maximum Gasteiger partial charge on any atom is 0.257 e. The molecule has 1 saturated carbocycles. The van der Waals surface area contributed by atoms with Gasteiger partial charge in [-0.3, -0.25) is 14.7 Å². The summed E-state index contributed by atoms with van der Waals surface area (Å²) in [5.41, 5.74) is 2.63. The van der Waals surface area contributed by atoms with E-state index < -0.39 is 0 Å². The maximum atomic E-state index is 12.5. The summed E-state index contributed by atoms with van der Waals surface area (Å²) in [4.78, 5) is 21.3. The van der Waals surface area contributed by atoms with E-state index in [2.05, 4.69) is 15.3 Å². The molecule has 0 aliphatic heterocycles. The van der Waals surface area contributed by atoms with Crippen LogP contribution in [0.3, 0.4) is 0 Å². The molecule has 1 N–H and O–H groups in total. The van der Waals surface area contributed by atoms with Crippen molar-refractivity contribution in [1.29, 1.82) is 0 Å². The van der Waals surface area contributed by atoms with Crippen LogP contribution >= 0.6 is 23.1 Å². The normalized spacial score (nSPS) is 13.9. The Balaban J connectivity index is 1.54. The quantitative estimate of drug-likeness (QED) is 0.697. The summed E-state index contributed by atoms with van der Waals surface area (Å²) in [7, 11) is 0. The zero-order valence-electron chi connectivity index (χ0n) is 13.1. The topological polar surface area (TPSA) is 59.8 Å². The maximum absolute atomic E-state index is 12.5. The van der Waals surface area contributed by atoms with Crippen LogP contribution in [0.15, 0.2) is 47.2 Å². The number of thiazole rings is 1. The third-order valence-electron chi connectivity index (χ3n) is 3.91. The smallest absolute Gasteiger partial charge is 0.257 e. The monoisotopic (exact) mass is 356 g/mol. The van der Waals surface area contributed by atoms with Gasteiger partial charge in [-0.05, 0) is 37.3 Å². The van der Waals surface area contributed by atoms with E-state index in [1.54, 1.807) is 18.0 Å². The van der Waals surface area contributed by atoms with Crippen LogP contribution in [0.25, 0.3) is 5.69 Å². The van der Waals surface area contributed by atoms with Crippen molar-refractivity contribution in [2.45, 2.75) is 23.9 Å². The second-order valence-electron chi connectivity index (χ2n) is 5.64. The Labute approximate surface area is 148 Å². The Morgan fingerprint density at radius 3 is 3.08 bits per heavy atom. The molecule has 1 aromatic carbocycles. The Bertz CT molecular complexity index is 882. The highest BCUT2D eigenvalue weighted by molar-refractivity contribution is 7.98. The largest absolute Gasteiger partial charge is 0.298 e. The fourth-order valence-electron chi connectivity index (χ4n) is 2.51. The highest BCUT2D eigenvalue weighted by atomic mass is 32.2. The zero-order valence-corrected chi connectivity index (χ0v) is 14.7. The molecule has 7 heteroatoms. The summed E-state index contributed by atoms with van der Waals surface area (Å²) in [6, 6.07) is 7.52.